The number of thiazole rings is 1. The third-order valence-electron chi connectivity index (χ3n) is 1.86. The summed E-state index contributed by atoms with van der Waals surface area (Å²) in [6.07, 6.45) is 3.28. The van der Waals surface area contributed by atoms with Crippen LogP contribution in [0.2, 0.25) is 0 Å². The van der Waals surface area contributed by atoms with Crippen molar-refractivity contribution in [1.29, 1.82) is 0 Å². The van der Waals surface area contributed by atoms with Crippen LogP contribution in [0.25, 0.3) is 0 Å². The fourth-order valence-electron chi connectivity index (χ4n) is 1.62. The van der Waals surface area contributed by atoms with Crippen molar-refractivity contribution >= 4 is 11.3 Å². The highest BCUT2D eigenvalue weighted by Gasteiger charge is 2.23. The Hall–Kier alpha value is -0.410. The number of hydrogen-bond donors (Lipinski definition) is 1. The molecular weight excluding hydrogens is 182 g/mol. The van der Waals surface area contributed by atoms with Gasteiger partial charge < -0.3 is 5.11 Å². The first-order valence-electron chi connectivity index (χ1n) is 4.60. The molecule has 0 radical (unpaired) electrons. The van der Waals surface area contributed by atoms with Crippen molar-refractivity contribution in [2.45, 2.75) is 39.2 Å². The second kappa shape index (κ2) is 4.20. The van der Waals surface area contributed by atoms with Gasteiger partial charge in [-0.15, -0.1) is 11.3 Å². The lowest BCUT2D eigenvalue weighted by molar-refractivity contribution is 0.0388. The molecule has 1 N–H and O–H groups in total. The minimum atomic E-state index is -0.605. The third-order valence-corrected chi connectivity index (χ3v) is 2.64. The molecule has 1 aromatic heterocycles. The van der Waals surface area contributed by atoms with E-state index in [9.17, 15) is 5.11 Å². The summed E-state index contributed by atoms with van der Waals surface area (Å²) in [6, 6.07) is 0. The monoisotopic (exact) mass is 199 g/mol. The van der Waals surface area contributed by atoms with Crippen molar-refractivity contribution in [2.75, 3.05) is 0 Å². The van der Waals surface area contributed by atoms with E-state index in [1.807, 2.05) is 12.3 Å². The average molecular weight is 199 g/mol. The number of rotatable bonds is 4. The SMILES string of the molecule is CC(C)CC(C)(O)Cc1nccs1. The summed E-state index contributed by atoms with van der Waals surface area (Å²) in [4.78, 5) is 4.17. The molecule has 0 fully saturated rings. The Kier molecular flexibility index (Phi) is 3.45. The maximum absolute atomic E-state index is 10.0. The number of aliphatic hydroxyl groups is 1. The van der Waals surface area contributed by atoms with Gasteiger partial charge in [-0.25, -0.2) is 4.98 Å². The van der Waals surface area contributed by atoms with Crippen LogP contribution < -0.4 is 0 Å². The van der Waals surface area contributed by atoms with Crippen LogP contribution >= 0.6 is 11.3 Å². The Morgan fingerprint density at radius 1 is 1.62 bits per heavy atom. The van der Waals surface area contributed by atoms with Crippen molar-refractivity contribution in [2.24, 2.45) is 5.92 Å². The maximum Gasteiger partial charge on any atom is 0.0953 e. The number of hydrogen-bond acceptors (Lipinski definition) is 3. The molecular formula is C10H17NOS. The number of nitrogens with zero attached hydrogens (tertiary/aromatic N) is 1. The van der Waals surface area contributed by atoms with Gasteiger partial charge in [0, 0.05) is 18.0 Å². The van der Waals surface area contributed by atoms with Crippen LogP contribution in [0.1, 0.15) is 32.2 Å². The Bertz CT molecular complexity index is 241. The molecule has 0 aliphatic rings. The van der Waals surface area contributed by atoms with Gasteiger partial charge in [0.15, 0.2) is 0 Å². The molecule has 3 heteroatoms. The molecule has 2 nitrogen and oxygen atoms in total. The summed E-state index contributed by atoms with van der Waals surface area (Å²) in [7, 11) is 0. The van der Waals surface area contributed by atoms with Crippen molar-refractivity contribution in [3.63, 3.8) is 0 Å². The zero-order valence-electron chi connectivity index (χ0n) is 8.45. The van der Waals surface area contributed by atoms with Gasteiger partial charge >= 0.3 is 0 Å². The predicted molar refractivity (Wildman–Crippen MR) is 55.9 cm³/mol. The highest BCUT2D eigenvalue weighted by molar-refractivity contribution is 7.09. The molecule has 0 bridgehead atoms. The maximum atomic E-state index is 10.0. The lowest BCUT2D eigenvalue weighted by Gasteiger charge is -2.23. The third kappa shape index (κ3) is 3.87. The minimum absolute atomic E-state index is 0.523. The van der Waals surface area contributed by atoms with E-state index in [-0.39, 0.29) is 0 Å². The van der Waals surface area contributed by atoms with Crippen LogP contribution in [0.4, 0.5) is 0 Å². The van der Waals surface area contributed by atoms with E-state index in [4.69, 9.17) is 0 Å². The van der Waals surface area contributed by atoms with E-state index in [0.29, 0.717) is 12.3 Å². The molecule has 1 rings (SSSR count). The van der Waals surface area contributed by atoms with Crippen LogP contribution in [0, 0.1) is 5.92 Å². The second-order valence-electron chi connectivity index (χ2n) is 4.20. The van der Waals surface area contributed by atoms with Crippen LogP contribution in [-0.2, 0) is 6.42 Å². The summed E-state index contributed by atoms with van der Waals surface area (Å²) in [5.74, 6) is 0.523. The smallest absolute Gasteiger partial charge is 0.0953 e. The first kappa shape index (κ1) is 10.7. The van der Waals surface area contributed by atoms with E-state index in [0.717, 1.165) is 11.4 Å². The van der Waals surface area contributed by atoms with E-state index in [2.05, 4.69) is 18.8 Å². The average Bonchev–Trinajstić information content (AvgIpc) is 2.34. The highest BCUT2D eigenvalue weighted by Crippen LogP contribution is 2.22. The number of aromatic nitrogens is 1. The first-order chi connectivity index (χ1) is 5.99. The Morgan fingerprint density at radius 3 is 2.77 bits per heavy atom. The lowest BCUT2D eigenvalue weighted by Crippen LogP contribution is -2.28. The van der Waals surface area contributed by atoms with Gasteiger partial charge in [-0.05, 0) is 19.3 Å². The molecule has 0 amide bonds. The molecule has 1 aromatic rings. The Balaban J connectivity index is 2.51. The molecule has 1 atom stereocenters. The van der Waals surface area contributed by atoms with Gasteiger partial charge in [0.05, 0.1) is 10.6 Å². The molecule has 1 unspecified atom stereocenters. The molecule has 0 aliphatic carbocycles. The van der Waals surface area contributed by atoms with Gasteiger partial charge in [0.25, 0.3) is 0 Å². The lowest BCUT2D eigenvalue weighted by atomic mass is 9.92. The van der Waals surface area contributed by atoms with Crippen LogP contribution in [-0.4, -0.2) is 15.7 Å². The molecule has 74 valence electrons. The van der Waals surface area contributed by atoms with Crippen molar-refractivity contribution < 1.29 is 5.11 Å². The standard InChI is InChI=1S/C10H17NOS/c1-8(2)6-10(3,12)7-9-11-4-5-13-9/h4-5,8,12H,6-7H2,1-3H3. The minimum Gasteiger partial charge on any atom is -0.390 e. The van der Waals surface area contributed by atoms with Crippen molar-refractivity contribution in [3.05, 3.63) is 16.6 Å². The topological polar surface area (TPSA) is 33.1 Å². The summed E-state index contributed by atoms with van der Waals surface area (Å²) in [5, 5.41) is 13.0. The van der Waals surface area contributed by atoms with E-state index >= 15 is 0 Å². The van der Waals surface area contributed by atoms with Crippen LogP contribution in [0.15, 0.2) is 11.6 Å². The zero-order valence-corrected chi connectivity index (χ0v) is 9.27. The largest absolute Gasteiger partial charge is 0.390 e. The van der Waals surface area contributed by atoms with Crippen LogP contribution in [0.3, 0.4) is 0 Å². The summed E-state index contributed by atoms with van der Waals surface area (Å²) in [5.41, 5.74) is -0.605. The Labute approximate surface area is 83.6 Å². The quantitative estimate of drug-likeness (QED) is 0.808. The van der Waals surface area contributed by atoms with E-state index < -0.39 is 5.60 Å². The van der Waals surface area contributed by atoms with Gasteiger partial charge in [-0.2, -0.15) is 0 Å². The molecule has 0 spiro atoms. The summed E-state index contributed by atoms with van der Waals surface area (Å²) >= 11 is 1.61. The highest BCUT2D eigenvalue weighted by atomic mass is 32.1. The second-order valence-corrected chi connectivity index (χ2v) is 5.18. The van der Waals surface area contributed by atoms with Gasteiger partial charge in [0.1, 0.15) is 0 Å². The Morgan fingerprint density at radius 2 is 2.31 bits per heavy atom. The summed E-state index contributed by atoms with van der Waals surface area (Å²) in [6.45, 7) is 6.13. The molecule has 0 saturated carbocycles. The van der Waals surface area contributed by atoms with Gasteiger partial charge in [0.2, 0.25) is 0 Å². The van der Waals surface area contributed by atoms with Crippen LogP contribution in [0.5, 0.6) is 0 Å². The fraction of sp³-hybridized carbons (Fsp3) is 0.700. The molecule has 0 saturated heterocycles. The normalized spacial score (nSPS) is 16.1. The molecule has 0 aromatic carbocycles. The predicted octanol–water partition coefficient (Wildman–Crippen LogP) is 2.48. The fourth-order valence-corrected chi connectivity index (χ4v) is 2.41. The summed E-state index contributed by atoms with van der Waals surface area (Å²) < 4.78 is 0. The van der Waals surface area contributed by atoms with Gasteiger partial charge in [-0.3, -0.25) is 0 Å². The van der Waals surface area contributed by atoms with E-state index in [1.54, 1.807) is 17.5 Å². The molecule has 1 heterocycles. The first-order valence-corrected chi connectivity index (χ1v) is 5.48. The van der Waals surface area contributed by atoms with Crippen molar-refractivity contribution in [1.82, 2.24) is 4.98 Å². The molecule has 13 heavy (non-hydrogen) atoms. The zero-order chi connectivity index (χ0) is 9.90. The molecule has 0 aliphatic heterocycles. The van der Waals surface area contributed by atoms with E-state index in [1.165, 1.54) is 0 Å². The van der Waals surface area contributed by atoms with Gasteiger partial charge in [-0.1, -0.05) is 13.8 Å². The van der Waals surface area contributed by atoms with Crippen molar-refractivity contribution in [3.8, 4) is 0 Å².